The molecule has 0 aromatic heterocycles. The van der Waals surface area contributed by atoms with E-state index >= 15 is 0 Å². The second-order valence-electron chi connectivity index (χ2n) is 5.53. The molecule has 1 saturated carbocycles. The summed E-state index contributed by atoms with van der Waals surface area (Å²) in [7, 11) is 0. The van der Waals surface area contributed by atoms with Gasteiger partial charge in [-0.1, -0.05) is 0 Å². The minimum absolute atomic E-state index is 0.000999. The number of hydrogen-bond acceptors (Lipinski definition) is 3. The number of halogens is 1. The van der Waals surface area contributed by atoms with Crippen molar-refractivity contribution >= 4 is 17.8 Å². The van der Waals surface area contributed by atoms with Crippen LogP contribution in [0.4, 0.5) is 19.7 Å². The Hall–Kier alpha value is -2.31. The summed E-state index contributed by atoms with van der Waals surface area (Å²) in [5.74, 6) is -0.365. The first-order valence-corrected chi connectivity index (χ1v) is 7.84. The van der Waals surface area contributed by atoms with Crippen molar-refractivity contribution in [1.82, 2.24) is 10.6 Å². The van der Waals surface area contributed by atoms with Crippen LogP contribution in [0.25, 0.3) is 0 Å². The minimum Gasteiger partial charge on any atom is -0.446 e. The fourth-order valence-corrected chi connectivity index (χ4v) is 2.61. The molecular weight excluding hydrogens is 301 g/mol. The van der Waals surface area contributed by atoms with Crippen molar-refractivity contribution in [2.75, 3.05) is 11.9 Å². The van der Waals surface area contributed by atoms with Crippen LogP contribution in [-0.2, 0) is 4.74 Å². The second-order valence-corrected chi connectivity index (χ2v) is 5.53. The summed E-state index contributed by atoms with van der Waals surface area (Å²) in [6.45, 7) is 2.42. The quantitative estimate of drug-likeness (QED) is 0.797. The molecule has 1 aromatic rings. The van der Waals surface area contributed by atoms with Crippen LogP contribution >= 0.6 is 0 Å². The standard InChI is InChI=1S/C16H22FN3O3/c1-2-18-15(21)19-13-4-3-5-14(10-13)23-16(22)20-12-8-6-11(17)7-9-12/h6-9,13-14H,2-5,10H2,1H3,(H,20,22)(H2,18,19,21)/t13-,14+/m0/s1. The number of carbonyl (C=O) groups excluding carboxylic acids is 2. The van der Waals surface area contributed by atoms with Crippen molar-refractivity contribution in [3.8, 4) is 0 Å². The Balaban J connectivity index is 1.78. The Labute approximate surface area is 134 Å². The van der Waals surface area contributed by atoms with Crippen LogP contribution in [-0.4, -0.2) is 30.8 Å². The summed E-state index contributed by atoms with van der Waals surface area (Å²) in [5, 5.41) is 8.13. The molecule has 6 nitrogen and oxygen atoms in total. The molecule has 0 unspecified atom stereocenters. The Morgan fingerprint density at radius 1 is 1.26 bits per heavy atom. The van der Waals surface area contributed by atoms with Gasteiger partial charge in [0.25, 0.3) is 0 Å². The van der Waals surface area contributed by atoms with Crippen molar-refractivity contribution in [1.29, 1.82) is 0 Å². The molecular formula is C16H22FN3O3. The third-order valence-corrected chi connectivity index (χ3v) is 3.66. The molecule has 23 heavy (non-hydrogen) atoms. The topological polar surface area (TPSA) is 79.5 Å². The van der Waals surface area contributed by atoms with E-state index in [1.165, 1.54) is 24.3 Å². The van der Waals surface area contributed by atoms with E-state index in [-0.39, 0.29) is 24.0 Å². The zero-order valence-electron chi connectivity index (χ0n) is 13.1. The molecule has 1 aliphatic rings. The number of nitrogens with one attached hydrogen (secondary N) is 3. The van der Waals surface area contributed by atoms with Crippen LogP contribution in [0.1, 0.15) is 32.6 Å². The maximum absolute atomic E-state index is 12.8. The van der Waals surface area contributed by atoms with Crippen molar-refractivity contribution in [2.45, 2.75) is 44.8 Å². The third-order valence-electron chi connectivity index (χ3n) is 3.66. The van der Waals surface area contributed by atoms with Crippen LogP contribution in [0, 0.1) is 5.82 Å². The molecule has 2 atom stereocenters. The number of hydrogen-bond donors (Lipinski definition) is 3. The zero-order valence-corrected chi connectivity index (χ0v) is 13.1. The lowest BCUT2D eigenvalue weighted by molar-refractivity contribution is 0.0776. The summed E-state index contributed by atoms with van der Waals surface area (Å²) in [4.78, 5) is 23.4. The highest BCUT2D eigenvalue weighted by molar-refractivity contribution is 5.84. The van der Waals surface area contributed by atoms with Crippen LogP contribution < -0.4 is 16.0 Å². The van der Waals surface area contributed by atoms with Gasteiger partial charge in [0.15, 0.2) is 0 Å². The highest BCUT2D eigenvalue weighted by Gasteiger charge is 2.25. The van der Waals surface area contributed by atoms with Crippen LogP contribution in [0.2, 0.25) is 0 Å². The van der Waals surface area contributed by atoms with Crippen LogP contribution in [0.3, 0.4) is 0 Å². The molecule has 0 spiro atoms. The molecule has 7 heteroatoms. The van der Waals surface area contributed by atoms with Crippen LogP contribution in [0.15, 0.2) is 24.3 Å². The fourth-order valence-electron chi connectivity index (χ4n) is 2.61. The van der Waals surface area contributed by atoms with E-state index in [0.717, 1.165) is 19.3 Å². The molecule has 1 aromatic carbocycles. The molecule has 1 aliphatic carbocycles. The summed E-state index contributed by atoms with van der Waals surface area (Å²) < 4.78 is 18.2. The largest absolute Gasteiger partial charge is 0.446 e. The van der Waals surface area contributed by atoms with E-state index in [1.807, 2.05) is 6.92 Å². The maximum Gasteiger partial charge on any atom is 0.411 e. The molecule has 0 radical (unpaired) electrons. The summed E-state index contributed by atoms with van der Waals surface area (Å²) >= 11 is 0. The molecule has 2 rings (SSSR count). The van der Waals surface area contributed by atoms with Gasteiger partial charge in [0.1, 0.15) is 11.9 Å². The van der Waals surface area contributed by atoms with Crippen molar-refractivity contribution < 1.29 is 18.7 Å². The van der Waals surface area contributed by atoms with Gasteiger partial charge in [0.05, 0.1) is 0 Å². The monoisotopic (exact) mass is 323 g/mol. The Kier molecular flexibility index (Phi) is 6.19. The molecule has 0 saturated heterocycles. The highest BCUT2D eigenvalue weighted by Crippen LogP contribution is 2.22. The number of ether oxygens (including phenoxy) is 1. The molecule has 126 valence electrons. The van der Waals surface area contributed by atoms with E-state index in [4.69, 9.17) is 4.74 Å². The normalized spacial score (nSPS) is 20.4. The van der Waals surface area contributed by atoms with Gasteiger partial charge in [-0.3, -0.25) is 5.32 Å². The Morgan fingerprint density at radius 2 is 2.00 bits per heavy atom. The number of rotatable bonds is 4. The molecule has 3 amide bonds. The number of anilines is 1. The maximum atomic E-state index is 12.8. The molecule has 0 aliphatic heterocycles. The number of carbonyl (C=O) groups is 2. The van der Waals surface area contributed by atoms with E-state index in [2.05, 4.69) is 16.0 Å². The summed E-state index contributed by atoms with van der Waals surface area (Å²) in [5.41, 5.74) is 0.476. The Morgan fingerprint density at radius 3 is 2.70 bits per heavy atom. The highest BCUT2D eigenvalue weighted by atomic mass is 19.1. The predicted molar refractivity (Wildman–Crippen MR) is 84.8 cm³/mol. The lowest BCUT2D eigenvalue weighted by Crippen LogP contribution is -2.45. The predicted octanol–water partition coefficient (Wildman–Crippen LogP) is 3.00. The number of amides is 3. The van der Waals surface area contributed by atoms with E-state index in [0.29, 0.717) is 18.7 Å². The molecule has 0 heterocycles. The summed E-state index contributed by atoms with van der Waals surface area (Å²) in [6.07, 6.45) is 2.30. The zero-order chi connectivity index (χ0) is 16.7. The second kappa shape index (κ2) is 8.36. The van der Waals surface area contributed by atoms with E-state index in [1.54, 1.807) is 0 Å². The molecule has 1 fully saturated rings. The van der Waals surface area contributed by atoms with Gasteiger partial charge in [-0.05, 0) is 50.5 Å². The van der Waals surface area contributed by atoms with Crippen LogP contribution in [0.5, 0.6) is 0 Å². The van der Waals surface area contributed by atoms with Crippen molar-refractivity contribution in [3.05, 3.63) is 30.1 Å². The summed E-state index contributed by atoms with van der Waals surface area (Å²) in [6, 6.07) is 5.27. The van der Waals surface area contributed by atoms with Gasteiger partial charge >= 0.3 is 12.1 Å². The lowest BCUT2D eigenvalue weighted by Gasteiger charge is -2.29. The van der Waals surface area contributed by atoms with Gasteiger partial charge in [0, 0.05) is 24.7 Å². The third kappa shape index (κ3) is 5.77. The van der Waals surface area contributed by atoms with Crippen molar-refractivity contribution in [2.24, 2.45) is 0 Å². The van der Waals surface area contributed by atoms with Gasteiger partial charge in [-0.15, -0.1) is 0 Å². The van der Waals surface area contributed by atoms with Gasteiger partial charge in [-0.25, -0.2) is 14.0 Å². The molecule has 0 bridgehead atoms. The van der Waals surface area contributed by atoms with Gasteiger partial charge in [0.2, 0.25) is 0 Å². The number of benzene rings is 1. The lowest BCUT2D eigenvalue weighted by atomic mass is 9.93. The minimum atomic E-state index is -0.569. The van der Waals surface area contributed by atoms with Gasteiger partial charge < -0.3 is 15.4 Å². The number of urea groups is 1. The fraction of sp³-hybridized carbons (Fsp3) is 0.500. The van der Waals surface area contributed by atoms with Crippen molar-refractivity contribution in [3.63, 3.8) is 0 Å². The molecule has 3 N–H and O–H groups in total. The SMILES string of the molecule is CCNC(=O)N[C@H]1CCC[C@@H](OC(=O)Nc2ccc(F)cc2)C1. The Bertz CT molecular complexity index is 536. The first kappa shape index (κ1) is 17.1. The van der Waals surface area contributed by atoms with Gasteiger partial charge in [-0.2, -0.15) is 0 Å². The smallest absolute Gasteiger partial charge is 0.411 e. The first-order chi connectivity index (χ1) is 11.1. The average Bonchev–Trinajstić information content (AvgIpc) is 2.50. The van der Waals surface area contributed by atoms with E-state index in [9.17, 15) is 14.0 Å². The first-order valence-electron chi connectivity index (χ1n) is 7.84. The van der Waals surface area contributed by atoms with E-state index < -0.39 is 6.09 Å². The average molecular weight is 323 g/mol.